The van der Waals surface area contributed by atoms with E-state index in [4.69, 9.17) is 0 Å². The molecule has 1 heterocycles. The Labute approximate surface area is 141 Å². The van der Waals surface area contributed by atoms with Gasteiger partial charge in [0.1, 0.15) is 0 Å². The number of nitrogens with zero attached hydrogens (tertiary/aromatic N) is 1. The standard InChI is InChI=1S/C20H32N2O/c1-14(2)17-9-6-10-18(15(3)4)20(17)21-19(23)13-22-11-7-8-16(5)12-22/h6,9-10,14-16H,7-8,11-13H2,1-5H3,(H,21,23)/t16-/m1/s1. The van der Waals surface area contributed by atoms with Crippen LogP contribution >= 0.6 is 0 Å². The molecule has 1 aromatic carbocycles. The molecule has 1 saturated heterocycles. The molecular formula is C20H32N2O. The fourth-order valence-electron chi connectivity index (χ4n) is 3.51. The Morgan fingerprint density at radius 3 is 2.35 bits per heavy atom. The molecule has 23 heavy (non-hydrogen) atoms. The van der Waals surface area contributed by atoms with Gasteiger partial charge in [0, 0.05) is 12.2 Å². The van der Waals surface area contributed by atoms with Gasteiger partial charge in [0.15, 0.2) is 0 Å². The van der Waals surface area contributed by atoms with Crippen molar-refractivity contribution in [1.82, 2.24) is 4.90 Å². The summed E-state index contributed by atoms with van der Waals surface area (Å²) in [6.45, 7) is 13.6. The van der Waals surface area contributed by atoms with E-state index in [1.54, 1.807) is 0 Å². The Kier molecular flexibility index (Phi) is 6.23. The topological polar surface area (TPSA) is 32.3 Å². The summed E-state index contributed by atoms with van der Waals surface area (Å²) in [5, 5.41) is 3.22. The van der Waals surface area contributed by atoms with E-state index in [0.29, 0.717) is 24.3 Å². The molecule has 0 spiro atoms. The molecule has 3 nitrogen and oxygen atoms in total. The van der Waals surface area contributed by atoms with Crippen LogP contribution in [0.25, 0.3) is 0 Å². The summed E-state index contributed by atoms with van der Waals surface area (Å²) in [5.41, 5.74) is 3.50. The van der Waals surface area contributed by atoms with Crippen LogP contribution < -0.4 is 5.32 Å². The summed E-state index contributed by atoms with van der Waals surface area (Å²) in [7, 11) is 0. The predicted molar refractivity (Wildman–Crippen MR) is 98.1 cm³/mol. The molecular weight excluding hydrogens is 284 g/mol. The zero-order valence-corrected chi connectivity index (χ0v) is 15.4. The van der Waals surface area contributed by atoms with Crippen molar-refractivity contribution in [2.75, 3.05) is 25.0 Å². The van der Waals surface area contributed by atoms with Crippen molar-refractivity contribution in [3.8, 4) is 0 Å². The molecule has 1 N–H and O–H groups in total. The maximum absolute atomic E-state index is 12.6. The first kappa shape index (κ1) is 18.0. The lowest BCUT2D eigenvalue weighted by Gasteiger charge is -2.30. The minimum Gasteiger partial charge on any atom is -0.324 e. The second-order valence-corrected chi connectivity index (χ2v) is 7.65. The van der Waals surface area contributed by atoms with E-state index in [-0.39, 0.29) is 5.91 Å². The van der Waals surface area contributed by atoms with Gasteiger partial charge in [0.25, 0.3) is 0 Å². The second-order valence-electron chi connectivity index (χ2n) is 7.65. The molecule has 2 rings (SSSR count). The first-order chi connectivity index (χ1) is 10.9. The molecule has 1 amide bonds. The van der Waals surface area contributed by atoms with Gasteiger partial charge in [0.2, 0.25) is 5.91 Å². The number of para-hydroxylation sites is 1. The maximum Gasteiger partial charge on any atom is 0.238 e. The normalized spacial score (nSPS) is 19.3. The van der Waals surface area contributed by atoms with Crippen molar-refractivity contribution in [3.05, 3.63) is 29.3 Å². The monoisotopic (exact) mass is 316 g/mol. The van der Waals surface area contributed by atoms with E-state index >= 15 is 0 Å². The Morgan fingerprint density at radius 1 is 1.22 bits per heavy atom. The molecule has 1 fully saturated rings. The minimum absolute atomic E-state index is 0.120. The molecule has 0 aromatic heterocycles. The summed E-state index contributed by atoms with van der Waals surface area (Å²) in [6, 6.07) is 6.37. The predicted octanol–water partition coefficient (Wildman–Crippen LogP) is 4.60. The quantitative estimate of drug-likeness (QED) is 0.860. The second kappa shape index (κ2) is 7.96. The Hall–Kier alpha value is -1.35. The van der Waals surface area contributed by atoms with Crippen LogP contribution in [0.1, 0.15) is 70.4 Å². The zero-order chi connectivity index (χ0) is 17.0. The van der Waals surface area contributed by atoms with Gasteiger partial charge < -0.3 is 5.32 Å². The lowest BCUT2D eigenvalue weighted by Crippen LogP contribution is -2.40. The van der Waals surface area contributed by atoms with Crippen molar-refractivity contribution in [2.24, 2.45) is 5.92 Å². The van der Waals surface area contributed by atoms with E-state index in [1.807, 2.05) is 0 Å². The number of hydrogen-bond donors (Lipinski definition) is 1. The van der Waals surface area contributed by atoms with E-state index in [2.05, 4.69) is 63.0 Å². The molecule has 0 radical (unpaired) electrons. The molecule has 1 aromatic rings. The van der Waals surface area contributed by atoms with Crippen LogP contribution in [0.5, 0.6) is 0 Å². The van der Waals surface area contributed by atoms with E-state index in [9.17, 15) is 4.79 Å². The summed E-state index contributed by atoms with van der Waals surface area (Å²) in [4.78, 5) is 14.9. The Bertz CT molecular complexity index is 510. The molecule has 0 saturated carbocycles. The third-order valence-corrected chi connectivity index (χ3v) is 4.75. The minimum atomic E-state index is 0.120. The number of piperidine rings is 1. The number of hydrogen-bond acceptors (Lipinski definition) is 2. The number of carbonyl (C=O) groups excluding carboxylic acids is 1. The van der Waals surface area contributed by atoms with E-state index < -0.39 is 0 Å². The Balaban J connectivity index is 2.13. The molecule has 128 valence electrons. The fraction of sp³-hybridized carbons (Fsp3) is 0.650. The zero-order valence-electron chi connectivity index (χ0n) is 15.4. The third kappa shape index (κ3) is 4.81. The van der Waals surface area contributed by atoms with Gasteiger partial charge in [-0.05, 0) is 48.3 Å². The summed E-state index contributed by atoms with van der Waals surface area (Å²) in [6.07, 6.45) is 2.49. The first-order valence-corrected chi connectivity index (χ1v) is 9.03. The molecule has 1 atom stereocenters. The van der Waals surface area contributed by atoms with Crippen LogP contribution in [0.3, 0.4) is 0 Å². The van der Waals surface area contributed by atoms with Crippen molar-refractivity contribution in [3.63, 3.8) is 0 Å². The van der Waals surface area contributed by atoms with Gasteiger partial charge in [-0.1, -0.05) is 52.8 Å². The Morgan fingerprint density at radius 2 is 1.83 bits per heavy atom. The summed E-state index contributed by atoms with van der Waals surface area (Å²) in [5.74, 6) is 1.62. The average molecular weight is 316 g/mol. The highest BCUT2D eigenvalue weighted by Gasteiger charge is 2.20. The van der Waals surface area contributed by atoms with Crippen LogP contribution in [0.4, 0.5) is 5.69 Å². The SMILES string of the molecule is CC(C)c1cccc(C(C)C)c1NC(=O)CN1CCC[C@@H](C)C1. The van der Waals surface area contributed by atoms with Crippen LogP contribution in [0, 0.1) is 5.92 Å². The van der Waals surface area contributed by atoms with Gasteiger partial charge >= 0.3 is 0 Å². The first-order valence-electron chi connectivity index (χ1n) is 9.03. The van der Waals surface area contributed by atoms with Gasteiger partial charge in [-0.15, -0.1) is 0 Å². The smallest absolute Gasteiger partial charge is 0.238 e. The number of nitrogens with one attached hydrogen (secondary N) is 1. The molecule has 3 heteroatoms. The van der Waals surface area contributed by atoms with Crippen molar-refractivity contribution < 1.29 is 4.79 Å². The molecule has 0 unspecified atom stereocenters. The van der Waals surface area contributed by atoms with Gasteiger partial charge in [-0.25, -0.2) is 0 Å². The third-order valence-electron chi connectivity index (χ3n) is 4.75. The molecule has 1 aliphatic rings. The number of rotatable bonds is 5. The largest absolute Gasteiger partial charge is 0.324 e. The van der Waals surface area contributed by atoms with Crippen LogP contribution in [-0.2, 0) is 4.79 Å². The number of anilines is 1. The van der Waals surface area contributed by atoms with Crippen LogP contribution in [0.15, 0.2) is 18.2 Å². The number of carbonyl (C=O) groups is 1. The highest BCUT2D eigenvalue weighted by atomic mass is 16.2. The van der Waals surface area contributed by atoms with Crippen molar-refractivity contribution >= 4 is 11.6 Å². The summed E-state index contributed by atoms with van der Waals surface area (Å²) >= 11 is 0. The van der Waals surface area contributed by atoms with Crippen LogP contribution in [0.2, 0.25) is 0 Å². The molecule has 0 aliphatic carbocycles. The molecule has 0 bridgehead atoms. The van der Waals surface area contributed by atoms with Gasteiger partial charge in [-0.2, -0.15) is 0 Å². The van der Waals surface area contributed by atoms with E-state index in [0.717, 1.165) is 18.8 Å². The van der Waals surface area contributed by atoms with Gasteiger partial charge in [0.05, 0.1) is 6.54 Å². The lowest BCUT2D eigenvalue weighted by molar-refractivity contribution is -0.117. The average Bonchev–Trinajstić information content (AvgIpc) is 2.46. The highest BCUT2D eigenvalue weighted by molar-refractivity contribution is 5.94. The maximum atomic E-state index is 12.6. The number of benzene rings is 1. The van der Waals surface area contributed by atoms with Crippen LogP contribution in [-0.4, -0.2) is 30.4 Å². The summed E-state index contributed by atoms with van der Waals surface area (Å²) < 4.78 is 0. The molecule has 1 aliphatic heterocycles. The van der Waals surface area contributed by atoms with Crippen molar-refractivity contribution in [1.29, 1.82) is 0 Å². The number of likely N-dealkylation sites (tertiary alicyclic amines) is 1. The lowest BCUT2D eigenvalue weighted by atomic mass is 9.92. The highest BCUT2D eigenvalue weighted by Crippen LogP contribution is 2.32. The van der Waals surface area contributed by atoms with Gasteiger partial charge in [-0.3, -0.25) is 9.69 Å². The number of amides is 1. The van der Waals surface area contributed by atoms with Crippen molar-refractivity contribution in [2.45, 2.75) is 59.3 Å². The van der Waals surface area contributed by atoms with E-state index in [1.165, 1.54) is 24.0 Å². The fourth-order valence-corrected chi connectivity index (χ4v) is 3.51.